The van der Waals surface area contributed by atoms with Crippen molar-refractivity contribution in [1.29, 1.82) is 0 Å². The van der Waals surface area contributed by atoms with E-state index in [2.05, 4.69) is 44.5 Å². The number of aromatic nitrogens is 2. The van der Waals surface area contributed by atoms with Gasteiger partial charge in [-0.3, -0.25) is 9.69 Å². The first-order chi connectivity index (χ1) is 15.6. The molecule has 1 fully saturated rings. The molecule has 0 saturated carbocycles. The molecule has 8 heteroatoms. The first-order valence-corrected chi connectivity index (χ1v) is 11.2. The van der Waals surface area contributed by atoms with Gasteiger partial charge in [-0.1, -0.05) is 54.1 Å². The van der Waals surface area contributed by atoms with Gasteiger partial charge in [-0.25, -0.2) is 4.68 Å². The van der Waals surface area contributed by atoms with Crippen molar-refractivity contribution in [3.63, 3.8) is 0 Å². The number of nitrogens with zero attached hydrogens (tertiary/aromatic N) is 4. The smallest absolute Gasteiger partial charge is 0.291 e. The van der Waals surface area contributed by atoms with Crippen LogP contribution in [0, 0.1) is 0 Å². The summed E-state index contributed by atoms with van der Waals surface area (Å²) in [4.78, 5) is 16.9. The molecule has 168 valence electrons. The summed E-state index contributed by atoms with van der Waals surface area (Å²) in [6.45, 7) is 5.76. The van der Waals surface area contributed by atoms with Crippen LogP contribution >= 0.6 is 11.6 Å². The molecule has 1 aliphatic heterocycles. The number of piperazine rings is 1. The van der Waals surface area contributed by atoms with E-state index in [-0.39, 0.29) is 5.56 Å². The van der Waals surface area contributed by atoms with Crippen LogP contribution in [0.1, 0.15) is 5.56 Å². The number of benzene rings is 2. The fraction of sp³-hybridized carbons (Fsp3) is 0.333. The number of nitrogens with one attached hydrogen (secondary N) is 1. The molecule has 1 N–H and O–H groups in total. The summed E-state index contributed by atoms with van der Waals surface area (Å²) >= 11 is 6.12. The van der Waals surface area contributed by atoms with Crippen molar-refractivity contribution < 1.29 is 4.74 Å². The molecule has 1 saturated heterocycles. The Bertz CT molecular complexity index is 1080. The van der Waals surface area contributed by atoms with Crippen LogP contribution in [0.3, 0.4) is 0 Å². The van der Waals surface area contributed by atoms with E-state index in [0.717, 1.165) is 49.7 Å². The van der Waals surface area contributed by atoms with Crippen molar-refractivity contribution in [3.8, 4) is 5.75 Å². The molecule has 2 aromatic carbocycles. The van der Waals surface area contributed by atoms with E-state index in [9.17, 15) is 4.79 Å². The Morgan fingerprint density at radius 1 is 1.03 bits per heavy atom. The number of halogens is 1. The number of aryl methyl sites for hydroxylation is 1. The first-order valence-electron chi connectivity index (χ1n) is 10.8. The lowest BCUT2D eigenvalue weighted by Gasteiger charge is -2.36. The minimum absolute atomic E-state index is 0.213. The lowest BCUT2D eigenvalue weighted by molar-refractivity contribution is 0.264. The SMILES string of the molecule is Cn1ncc(Cl)c(NCCN2CCN(c3ccccc3OCc3ccccc3)CC2)c1=O. The second-order valence-corrected chi connectivity index (χ2v) is 8.20. The highest BCUT2D eigenvalue weighted by molar-refractivity contribution is 6.32. The van der Waals surface area contributed by atoms with Gasteiger partial charge < -0.3 is 15.0 Å². The number of hydrogen-bond acceptors (Lipinski definition) is 6. The standard InChI is InChI=1S/C24H28ClN5O2/c1-28-24(31)23(20(25)17-27-28)26-11-12-29-13-15-30(16-14-29)21-9-5-6-10-22(21)32-18-19-7-3-2-4-8-19/h2-10,17,26H,11-16,18H2,1H3. The lowest BCUT2D eigenvalue weighted by Crippen LogP contribution is -2.47. The summed E-state index contributed by atoms with van der Waals surface area (Å²) in [6, 6.07) is 18.4. The Balaban J connectivity index is 1.29. The van der Waals surface area contributed by atoms with Gasteiger partial charge >= 0.3 is 0 Å². The largest absolute Gasteiger partial charge is 0.487 e. The highest BCUT2D eigenvalue weighted by Crippen LogP contribution is 2.29. The normalized spacial score (nSPS) is 14.4. The van der Waals surface area contributed by atoms with Crippen molar-refractivity contribution in [3.05, 3.63) is 81.7 Å². The van der Waals surface area contributed by atoms with Gasteiger partial charge in [0.1, 0.15) is 18.0 Å². The average Bonchev–Trinajstić information content (AvgIpc) is 2.84. The number of anilines is 2. The van der Waals surface area contributed by atoms with E-state index in [0.29, 0.717) is 23.9 Å². The zero-order valence-corrected chi connectivity index (χ0v) is 19.0. The van der Waals surface area contributed by atoms with Crippen molar-refractivity contribution in [2.24, 2.45) is 7.05 Å². The lowest BCUT2D eigenvalue weighted by atomic mass is 10.2. The van der Waals surface area contributed by atoms with Gasteiger partial charge in [0.05, 0.1) is 16.9 Å². The van der Waals surface area contributed by atoms with E-state index in [1.54, 1.807) is 7.05 Å². The van der Waals surface area contributed by atoms with Crippen molar-refractivity contribution in [1.82, 2.24) is 14.7 Å². The molecular weight excluding hydrogens is 426 g/mol. The molecular formula is C24H28ClN5O2. The van der Waals surface area contributed by atoms with E-state index in [1.807, 2.05) is 30.3 Å². The minimum atomic E-state index is -0.213. The molecule has 0 radical (unpaired) electrons. The zero-order chi connectivity index (χ0) is 22.3. The summed E-state index contributed by atoms with van der Waals surface area (Å²) in [6.07, 6.45) is 1.49. The summed E-state index contributed by atoms with van der Waals surface area (Å²) in [5.74, 6) is 0.912. The van der Waals surface area contributed by atoms with Gasteiger partial charge in [0.15, 0.2) is 0 Å². The predicted molar refractivity (Wildman–Crippen MR) is 129 cm³/mol. The average molecular weight is 454 g/mol. The Labute approximate surface area is 193 Å². The molecule has 0 unspecified atom stereocenters. The maximum Gasteiger partial charge on any atom is 0.291 e. The highest BCUT2D eigenvalue weighted by atomic mass is 35.5. The van der Waals surface area contributed by atoms with Crippen molar-refractivity contribution >= 4 is 23.0 Å². The molecule has 1 aliphatic rings. The predicted octanol–water partition coefficient (Wildman–Crippen LogP) is 3.25. The Morgan fingerprint density at radius 2 is 1.75 bits per heavy atom. The van der Waals surface area contributed by atoms with Crippen LogP contribution in [0.5, 0.6) is 5.75 Å². The van der Waals surface area contributed by atoms with Crippen molar-refractivity contribution in [2.75, 3.05) is 49.5 Å². The topological polar surface area (TPSA) is 62.6 Å². The third kappa shape index (κ3) is 5.41. The minimum Gasteiger partial charge on any atom is -0.487 e. The molecule has 1 aromatic heterocycles. The Hall–Kier alpha value is -3.03. The van der Waals surface area contributed by atoms with Crippen LogP contribution < -0.4 is 20.5 Å². The summed E-state index contributed by atoms with van der Waals surface area (Å²) in [5, 5.41) is 7.44. The van der Waals surface area contributed by atoms with E-state index in [1.165, 1.54) is 10.9 Å². The summed E-state index contributed by atoms with van der Waals surface area (Å²) in [5.41, 5.74) is 2.48. The molecule has 2 heterocycles. The zero-order valence-electron chi connectivity index (χ0n) is 18.2. The first kappa shape index (κ1) is 22.2. The molecule has 32 heavy (non-hydrogen) atoms. The van der Waals surface area contributed by atoms with E-state index in [4.69, 9.17) is 16.3 Å². The van der Waals surface area contributed by atoms with Crippen LogP contribution in [0.4, 0.5) is 11.4 Å². The number of rotatable bonds is 8. The number of hydrogen-bond donors (Lipinski definition) is 1. The van der Waals surface area contributed by atoms with Crippen LogP contribution in [0.2, 0.25) is 5.02 Å². The number of ether oxygens (including phenoxy) is 1. The monoisotopic (exact) mass is 453 g/mol. The fourth-order valence-electron chi connectivity index (χ4n) is 3.81. The second-order valence-electron chi connectivity index (χ2n) is 7.79. The van der Waals surface area contributed by atoms with Gasteiger partial charge in [0, 0.05) is 46.3 Å². The molecule has 7 nitrogen and oxygen atoms in total. The third-order valence-corrected chi connectivity index (χ3v) is 5.92. The maximum absolute atomic E-state index is 12.2. The van der Waals surface area contributed by atoms with Gasteiger partial charge in [-0.15, -0.1) is 0 Å². The Kier molecular flexibility index (Phi) is 7.29. The maximum atomic E-state index is 12.2. The van der Waals surface area contributed by atoms with Crippen molar-refractivity contribution in [2.45, 2.75) is 6.61 Å². The Morgan fingerprint density at radius 3 is 2.53 bits per heavy atom. The molecule has 0 amide bonds. The summed E-state index contributed by atoms with van der Waals surface area (Å²) < 4.78 is 7.42. The van der Waals surface area contributed by atoms with Gasteiger partial charge in [0.25, 0.3) is 5.56 Å². The molecule has 0 atom stereocenters. The number of para-hydroxylation sites is 2. The third-order valence-electron chi connectivity index (χ3n) is 5.64. The molecule has 0 aliphatic carbocycles. The molecule has 4 rings (SSSR count). The van der Waals surface area contributed by atoms with E-state index >= 15 is 0 Å². The fourth-order valence-corrected chi connectivity index (χ4v) is 4.00. The highest BCUT2D eigenvalue weighted by Gasteiger charge is 2.19. The molecule has 0 bridgehead atoms. The molecule has 3 aromatic rings. The van der Waals surface area contributed by atoms with Gasteiger partial charge in [-0.05, 0) is 17.7 Å². The van der Waals surface area contributed by atoms with Crippen LogP contribution in [0.25, 0.3) is 0 Å². The van der Waals surface area contributed by atoms with Gasteiger partial charge in [0.2, 0.25) is 0 Å². The summed E-state index contributed by atoms with van der Waals surface area (Å²) in [7, 11) is 1.62. The molecule has 0 spiro atoms. The quantitative estimate of drug-likeness (QED) is 0.565. The van der Waals surface area contributed by atoms with Crippen LogP contribution in [-0.4, -0.2) is 53.9 Å². The van der Waals surface area contributed by atoms with Crippen LogP contribution in [0.15, 0.2) is 65.6 Å². The van der Waals surface area contributed by atoms with E-state index < -0.39 is 0 Å². The van der Waals surface area contributed by atoms with Gasteiger partial charge in [-0.2, -0.15) is 5.10 Å². The van der Waals surface area contributed by atoms with Crippen LogP contribution in [-0.2, 0) is 13.7 Å². The second kappa shape index (κ2) is 10.5.